The van der Waals surface area contributed by atoms with Crippen molar-refractivity contribution in [3.63, 3.8) is 0 Å². The lowest BCUT2D eigenvalue weighted by molar-refractivity contribution is 0.510. The Hall–Kier alpha value is -1.54. The molecule has 0 unspecified atom stereocenters. The van der Waals surface area contributed by atoms with Gasteiger partial charge in [0.25, 0.3) is 5.56 Å². The van der Waals surface area contributed by atoms with Gasteiger partial charge < -0.3 is 5.73 Å². The predicted octanol–water partition coefficient (Wildman–Crippen LogP) is 0.783. The van der Waals surface area contributed by atoms with E-state index in [0.717, 1.165) is 12.8 Å². The van der Waals surface area contributed by atoms with Crippen molar-refractivity contribution in [2.24, 2.45) is 5.41 Å². The quantitative estimate of drug-likeness (QED) is 0.753. The maximum absolute atomic E-state index is 11.6. The van der Waals surface area contributed by atoms with E-state index >= 15 is 0 Å². The molecule has 0 spiro atoms. The SMILES string of the molecule is N#CC1(Cn2cnc(Cl)c(N)c2=O)CC1. The number of rotatable bonds is 2. The molecule has 1 aliphatic carbocycles. The first-order valence-corrected chi connectivity index (χ1v) is 4.87. The molecule has 0 radical (unpaired) electrons. The van der Waals surface area contributed by atoms with E-state index in [4.69, 9.17) is 22.6 Å². The van der Waals surface area contributed by atoms with Gasteiger partial charge in [-0.1, -0.05) is 11.6 Å². The van der Waals surface area contributed by atoms with Gasteiger partial charge >= 0.3 is 0 Å². The van der Waals surface area contributed by atoms with Gasteiger partial charge in [0.05, 0.1) is 17.8 Å². The summed E-state index contributed by atoms with van der Waals surface area (Å²) in [6.07, 6.45) is 2.97. The fourth-order valence-electron chi connectivity index (χ4n) is 1.38. The summed E-state index contributed by atoms with van der Waals surface area (Å²) in [5.41, 5.74) is 4.62. The zero-order chi connectivity index (χ0) is 11.1. The van der Waals surface area contributed by atoms with Crippen molar-refractivity contribution in [3.8, 4) is 6.07 Å². The van der Waals surface area contributed by atoms with Crippen LogP contribution in [0.1, 0.15) is 12.8 Å². The molecule has 15 heavy (non-hydrogen) atoms. The monoisotopic (exact) mass is 224 g/mol. The fourth-order valence-corrected chi connectivity index (χ4v) is 1.50. The zero-order valence-electron chi connectivity index (χ0n) is 7.90. The predicted molar refractivity (Wildman–Crippen MR) is 55.2 cm³/mol. The lowest BCUT2D eigenvalue weighted by Gasteiger charge is -2.09. The van der Waals surface area contributed by atoms with Gasteiger partial charge in [0.1, 0.15) is 5.69 Å². The zero-order valence-corrected chi connectivity index (χ0v) is 8.66. The van der Waals surface area contributed by atoms with Crippen molar-refractivity contribution in [1.82, 2.24) is 9.55 Å². The van der Waals surface area contributed by atoms with Crippen molar-refractivity contribution in [2.45, 2.75) is 19.4 Å². The molecule has 0 amide bonds. The average molecular weight is 225 g/mol. The number of hydrogen-bond donors (Lipinski definition) is 1. The van der Waals surface area contributed by atoms with E-state index in [1.54, 1.807) is 0 Å². The van der Waals surface area contributed by atoms with Crippen molar-refractivity contribution < 1.29 is 0 Å². The van der Waals surface area contributed by atoms with Gasteiger partial charge in [-0.3, -0.25) is 9.36 Å². The average Bonchev–Trinajstić information content (AvgIpc) is 3.00. The Balaban J connectivity index is 2.35. The molecule has 1 aromatic rings. The van der Waals surface area contributed by atoms with Crippen LogP contribution in [-0.4, -0.2) is 9.55 Å². The summed E-state index contributed by atoms with van der Waals surface area (Å²) in [7, 11) is 0. The minimum absolute atomic E-state index is 0.0121. The van der Waals surface area contributed by atoms with Crippen LogP contribution in [0.2, 0.25) is 5.15 Å². The van der Waals surface area contributed by atoms with Crippen LogP contribution < -0.4 is 11.3 Å². The highest BCUT2D eigenvalue weighted by molar-refractivity contribution is 6.31. The number of nitriles is 1. The van der Waals surface area contributed by atoms with Gasteiger partial charge in [0.2, 0.25) is 0 Å². The maximum Gasteiger partial charge on any atom is 0.278 e. The van der Waals surface area contributed by atoms with E-state index in [1.807, 2.05) is 0 Å². The van der Waals surface area contributed by atoms with E-state index in [9.17, 15) is 4.79 Å². The molecule has 0 aliphatic heterocycles. The molecule has 0 atom stereocenters. The summed E-state index contributed by atoms with van der Waals surface area (Å²) < 4.78 is 1.34. The van der Waals surface area contributed by atoms with E-state index in [0.29, 0.717) is 6.54 Å². The molecule has 0 bridgehead atoms. The Morgan fingerprint density at radius 1 is 1.73 bits per heavy atom. The standard InChI is InChI=1S/C9H9ClN4O/c10-7-6(12)8(15)14(5-13-7)4-9(3-11)1-2-9/h5H,1-2,4,12H2. The van der Waals surface area contributed by atoms with Crippen molar-refractivity contribution in [1.29, 1.82) is 5.26 Å². The fraction of sp³-hybridized carbons (Fsp3) is 0.444. The summed E-state index contributed by atoms with van der Waals surface area (Å²) in [4.78, 5) is 15.4. The van der Waals surface area contributed by atoms with E-state index in [-0.39, 0.29) is 16.4 Å². The van der Waals surface area contributed by atoms with Crippen molar-refractivity contribution >= 4 is 17.3 Å². The molecule has 2 rings (SSSR count). The smallest absolute Gasteiger partial charge is 0.278 e. The number of aromatic nitrogens is 2. The Kier molecular flexibility index (Phi) is 2.16. The van der Waals surface area contributed by atoms with Crippen LogP contribution in [-0.2, 0) is 6.54 Å². The highest BCUT2D eigenvalue weighted by Crippen LogP contribution is 2.46. The maximum atomic E-state index is 11.6. The topological polar surface area (TPSA) is 84.7 Å². The largest absolute Gasteiger partial charge is 0.392 e. The Morgan fingerprint density at radius 2 is 2.40 bits per heavy atom. The Labute approximate surface area is 91.1 Å². The number of nitrogens with two attached hydrogens (primary N) is 1. The molecule has 0 saturated heterocycles. The van der Waals surface area contributed by atoms with E-state index < -0.39 is 5.41 Å². The van der Waals surface area contributed by atoms with Crippen LogP contribution >= 0.6 is 11.6 Å². The molecule has 0 aromatic carbocycles. The van der Waals surface area contributed by atoms with Gasteiger partial charge in [0.15, 0.2) is 5.15 Å². The number of nitrogens with zero attached hydrogens (tertiary/aromatic N) is 3. The minimum atomic E-state index is -0.397. The van der Waals surface area contributed by atoms with Gasteiger partial charge in [-0.05, 0) is 12.8 Å². The molecule has 78 valence electrons. The Bertz CT molecular complexity index is 498. The first kappa shape index (κ1) is 9.99. The van der Waals surface area contributed by atoms with Crippen LogP contribution in [0, 0.1) is 16.7 Å². The van der Waals surface area contributed by atoms with Gasteiger partial charge in [-0.25, -0.2) is 4.98 Å². The van der Waals surface area contributed by atoms with Gasteiger partial charge in [0, 0.05) is 6.54 Å². The number of nitrogen functional groups attached to an aromatic ring is 1. The van der Waals surface area contributed by atoms with Crippen molar-refractivity contribution in [2.75, 3.05) is 5.73 Å². The van der Waals surface area contributed by atoms with Crippen LogP contribution in [0.15, 0.2) is 11.1 Å². The molecule has 1 fully saturated rings. The van der Waals surface area contributed by atoms with E-state index in [1.165, 1.54) is 10.9 Å². The second-order valence-electron chi connectivity index (χ2n) is 3.77. The number of halogens is 1. The van der Waals surface area contributed by atoms with Crippen LogP contribution in [0.3, 0.4) is 0 Å². The van der Waals surface area contributed by atoms with Crippen LogP contribution in [0.4, 0.5) is 5.69 Å². The van der Waals surface area contributed by atoms with Crippen molar-refractivity contribution in [3.05, 3.63) is 21.8 Å². The summed E-state index contributed by atoms with van der Waals surface area (Å²) in [6, 6.07) is 2.20. The highest BCUT2D eigenvalue weighted by Gasteiger charge is 2.43. The molecule has 6 heteroatoms. The van der Waals surface area contributed by atoms with Gasteiger partial charge in [-0.2, -0.15) is 5.26 Å². The summed E-state index contributed by atoms with van der Waals surface area (Å²) in [5, 5.41) is 8.90. The third kappa shape index (κ3) is 1.68. The summed E-state index contributed by atoms with van der Waals surface area (Å²) >= 11 is 5.59. The first-order chi connectivity index (χ1) is 7.08. The normalized spacial score (nSPS) is 17.1. The van der Waals surface area contributed by atoms with Gasteiger partial charge in [-0.15, -0.1) is 0 Å². The summed E-state index contributed by atoms with van der Waals surface area (Å²) in [6.45, 7) is 0.344. The second kappa shape index (κ2) is 3.24. The molecule has 1 heterocycles. The Morgan fingerprint density at radius 3 is 2.93 bits per heavy atom. The molecule has 1 aromatic heterocycles. The lowest BCUT2D eigenvalue weighted by atomic mass is 10.1. The van der Waals surface area contributed by atoms with Crippen LogP contribution in [0.5, 0.6) is 0 Å². The number of hydrogen-bond acceptors (Lipinski definition) is 4. The second-order valence-corrected chi connectivity index (χ2v) is 4.13. The molecule has 2 N–H and O–H groups in total. The third-order valence-electron chi connectivity index (χ3n) is 2.59. The van der Waals surface area contributed by atoms with E-state index in [2.05, 4.69) is 11.1 Å². The summed E-state index contributed by atoms with van der Waals surface area (Å²) in [5.74, 6) is 0. The molecular formula is C9H9ClN4O. The third-order valence-corrected chi connectivity index (χ3v) is 2.89. The van der Waals surface area contributed by atoms with Crippen LogP contribution in [0.25, 0.3) is 0 Å². The number of anilines is 1. The minimum Gasteiger partial charge on any atom is -0.392 e. The molecule has 5 nitrogen and oxygen atoms in total. The first-order valence-electron chi connectivity index (χ1n) is 4.50. The molecule has 1 aliphatic rings. The lowest BCUT2D eigenvalue weighted by Crippen LogP contribution is -2.26. The highest BCUT2D eigenvalue weighted by atomic mass is 35.5. The molecule has 1 saturated carbocycles. The molecular weight excluding hydrogens is 216 g/mol.